The summed E-state index contributed by atoms with van der Waals surface area (Å²) in [6.45, 7) is 5.06. The van der Waals surface area contributed by atoms with Crippen molar-refractivity contribution in [1.29, 1.82) is 0 Å². The van der Waals surface area contributed by atoms with Crippen molar-refractivity contribution in [3.8, 4) is 0 Å². The summed E-state index contributed by atoms with van der Waals surface area (Å²) >= 11 is 0. The molecule has 102 valence electrons. The normalized spacial score (nSPS) is 20.8. The molecule has 0 aliphatic carbocycles. The number of hydrogen-bond donors (Lipinski definition) is 1. The lowest BCUT2D eigenvalue weighted by Crippen LogP contribution is -2.34. The van der Waals surface area contributed by atoms with E-state index in [0.29, 0.717) is 5.92 Å². The van der Waals surface area contributed by atoms with Crippen molar-refractivity contribution in [3.05, 3.63) is 35.8 Å². The van der Waals surface area contributed by atoms with Crippen LogP contribution >= 0.6 is 0 Å². The van der Waals surface area contributed by atoms with Crippen LogP contribution in [0.1, 0.15) is 43.0 Å². The molecular weight excluding hydrogens is 240 g/mol. The van der Waals surface area contributed by atoms with Crippen molar-refractivity contribution in [2.24, 2.45) is 0 Å². The number of aromatic nitrogens is 3. The van der Waals surface area contributed by atoms with Crippen LogP contribution in [0.15, 0.2) is 22.9 Å². The maximum atomic E-state index is 5.69. The highest BCUT2D eigenvalue weighted by molar-refractivity contribution is 5.07. The molecule has 3 rings (SSSR count). The molecule has 5 nitrogen and oxygen atoms in total. The van der Waals surface area contributed by atoms with Gasteiger partial charge in [0, 0.05) is 30.8 Å². The molecule has 0 amide bonds. The molecule has 0 saturated carbocycles. The summed E-state index contributed by atoms with van der Waals surface area (Å²) < 4.78 is 5.69. The summed E-state index contributed by atoms with van der Waals surface area (Å²) in [5, 5.41) is 7.14. The summed E-state index contributed by atoms with van der Waals surface area (Å²) in [7, 11) is 0. The summed E-state index contributed by atoms with van der Waals surface area (Å²) in [6.07, 6.45) is 7.01. The van der Waals surface area contributed by atoms with Crippen molar-refractivity contribution in [2.75, 3.05) is 13.1 Å². The first-order valence-corrected chi connectivity index (χ1v) is 7.00. The van der Waals surface area contributed by atoms with E-state index in [2.05, 4.69) is 33.1 Å². The van der Waals surface area contributed by atoms with E-state index in [9.17, 15) is 0 Å². The van der Waals surface area contributed by atoms with Crippen LogP contribution in [-0.2, 0) is 13.0 Å². The minimum absolute atomic E-state index is 0.553. The monoisotopic (exact) mass is 260 g/mol. The Morgan fingerprint density at radius 2 is 2.47 bits per heavy atom. The van der Waals surface area contributed by atoms with Crippen LogP contribution in [-0.4, -0.2) is 33.2 Å². The molecule has 2 aromatic rings. The Morgan fingerprint density at radius 3 is 3.21 bits per heavy atom. The van der Waals surface area contributed by atoms with E-state index >= 15 is 0 Å². The quantitative estimate of drug-likeness (QED) is 0.916. The van der Waals surface area contributed by atoms with Gasteiger partial charge in [-0.05, 0) is 25.5 Å². The van der Waals surface area contributed by atoms with Gasteiger partial charge in [0.1, 0.15) is 5.76 Å². The highest BCUT2D eigenvalue weighted by Gasteiger charge is 2.23. The van der Waals surface area contributed by atoms with Crippen LogP contribution in [0.2, 0.25) is 0 Å². The SMILES string of the molecule is CCc1cnc(CN2CCCC(c3ccn[nH]3)C2)o1. The summed E-state index contributed by atoms with van der Waals surface area (Å²) in [5.74, 6) is 2.36. The molecule has 1 atom stereocenters. The summed E-state index contributed by atoms with van der Waals surface area (Å²) in [5.41, 5.74) is 1.24. The van der Waals surface area contributed by atoms with Gasteiger partial charge in [-0.15, -0.1) is 0 Å². The second-order valence-corrected chi connectivity index (χ2v) is 5.16. The molecule has 1 N–H and O–H groups in total. The van der Waals surface area contributed by atoms with Crippen LogP contribution in [0.25, 0.3) is 0 Å². The van der Waals surface area contributed by atoms with Gasteiger partial charge in [-0.2, -0.15) is 5.10 Å². The van der Waals surface area contributed by atoms with Crippen LogP contribution < -0.4 is 0 Å². The van der Waals surface area contributed by atoms with Crippen molar-refractivity contribution in [3.63, 3.8) is 0 Å². The molecule has 1 aliphatic heterocycles. The summed E-state index contributed by atoms with van der Waals surface area (Å²) in [6, 6.07) is 2.08. The zero-order valence-electron chi connectivity index (χ0n) is 11.3. The number of aryl methyl sites for hydroxylation is 1. The number of nitrogens with zero attached hydrogens (tertiary/aromatic N) is 3. The van der Waals surface area contributed by atoms with E-state index in [0.717, 1.165) is 37.7 Å². The maximum Gasteiger partial charge on any atom is 0.208 e. The Balaban J connectivity index is 1.62. The van der Waals surface area contributed by atoms with Crippen LogP contribution in [0.3, 0.4) is 0 Å². The average molecular weight is 260 g/mol. The average Bonchev–Trinajstić information content (AvgIpc) is 3.10. The molecule has 19 heavy (non-hydrogen) atoms. The van der Waals surface area contributed by atoms with Crippen molar-refractivity contribution < 1.29 is 4.42 Å². The van der Waals surface area contributed by atoms with Gasteiger partial charge in [0.25, 0.3) is 0 Å². The molecule has 0 aromatic carbocycles. The van der Waals surface area contributed by atoms with Gasteiger partial charge in [-0.3, -0.25) is 10.00 Å². The fourth-order valence-corrected chi connectivity index (χ4v) is 2.72. The highest BCUT2D eigenvalue weighted by Crippen LogP contribution is 2.26. The van der Waals surface area contributed by atoms with E-state index in [1.807, 2.05) is 12.4 Å². The van der Waals surface area contributed by atoms with Crippen LogP contribution in [0.4, 0.5) is 0 Å². The van der Waals surface area contributed by atoms with Crippen LogP contribution in [0.5, 0.6) is 0 Å². The highest BCUT2D eigenvalue weighted by atomic mass is 16.4. The second-order valence-electron chi connectivity index (χ2n) is 5.16. The van der Waals surface area contributed by atoms with Gasteiger partial charge < -0.3 is 4.42 Å². The fourth-order valence-electron chi connectivity index (χ4n) is 2.72. The number of likely N-dealkylation sites (tertiary alicyclic amines) is 1. The lowest BCUT2D eigenvalue weighted by Gasteiger charge is -2.31. The molecule has 1 fully saturated rings. The standard InChI is InChI=1S/C14H20N4O/c1-2-12-8-15-14(19-12)10-18-7-3-4-11(9-18)13-5-6-16-17-13/h5-6,8,11H,2-4,7,9-10H2,1H3,(H,16,17). The number of rotatable bonds is 4. The first-order valence-electron chi connectivity index (χ1n) is 7.00. The zero-order valence-corrected chi connectivity index (χ0v) is 11.3. The lowest BCUT2D eigenvalue weighted by atomic mass is 9.95. The molecular formula is C14H20N4O. The van der Waals surface area contributed by atoms with E-state index in [1.165, 1.54) is 18.5 Å². The van der Waals surface area contributed by atoms with Gasteiger partial charge in [-0.25, -0.2) is 4.98 Å². The van der Waals surface area contributed by atoms with E-state index in [4.69, 9.17) is 4.42 Å². The van der Waals surface area contributed by atoms with Gasteiger partial charge in [-0.1, -0.05) is 6.92 Å². The second kappa shape index (κ2) is 5.57. The molecule has 3 heterocycles. The summed E-state index contributed by atoms with van der Waals surface area (Å²) in [4.78, 5) is 6.76. The van der Waals surface area contributed by atoms with Gasteiger partial charge in [0.2, 0.25) is 5.89 Å². The van der Waals surface area contributed by atoms with E-state index < -0.39 is 0 Å². The van der Waals surface area contributed by atoms with Gasteiger partial charge in [0.15, 0.2) is 0 Å². The minimum atomic E-state index is 0.553. The third-order valence-corrected chi connectivity index (χ3v) is 3.78. The molecule has 5 heteroatoms. The zero-order chi connectivity index (χ0) is 13.1. The Kier molecular flexibility index (Phi) is 3.64. The third-order valence-electron chi connectivity index (χ3n) is 3.78. The van der Waals surface area contributed by atoms with Crippen LogP contribution in [0, 0.1) is 0 Å². The number of piperidine rings is 1. The van der Waals surface area contributed by atoms with E-state index in [-0.39, 0.29) is 0 Å². The van der Waals surface area contributed by atoms with Gasteiger partial charge >= 0.3 is 0 Å². The number of hydrogen-bond acceptors (Lipinski definition) is 4. The smallest absolute Gasteiger partial charge is 0.208 e. The van der Waals surface area contributed by atoms with Crippen molar-refractivity contribution in [2.45, 2.75) is 38.6 Å². The van der Waals surface area contributed by atoms with Crippen molar-refractivity contribution >= 4 is 0 Å². The first-order chi connectivity index (χ1) is 9.35. The molecule has 1 aliphatic rings. The van der Waals surface area contributed by atoms with Gasteiger partial charge in [0.05, 0.1) is 12.7 Å². The molecule has 1 saturated heterocycles. The molecule has 0 spiro atoms. The first kappa shape index (κ1) is 12.4. The number of nitrogens with one attached hydrogen (secondary N) is 1. The Bertz CT molecular complexity index is 505. The topological polar surface area (TPSA) is 58.0 Å². The predicted octanol–water partition coefficient (Wildman–Crippen LogP) is 2.34. The Morgan fingerprint density at radius 1 is 1.53 bits per heavy atom. The Hall–Kier alpha value is -1.62. The molecule has 0 bridgehead atoms. The molecule has 1 unspecified atom stereocenters. The van der Waals surface area contributed by atoms with Crippen molar-refractivity contribution in [1.82, 2.24) is 20.1 Å². The maximum absolute atomic E-state index is 5.69. The predicted molar refractivity (Wildman–Crippen MR) is 71.7 cm³/mol. The third kappa shape index (κ3) is 2.87. The lowest BCUT2D eigenvalue weighted by molar-refractivity contribution is 0.181. The van der Waals surface area contributed by atoms with E-state index in [1.54, 1.807) is 0 Å². The molecule has 0 radical (unpaired) electrons. The Labute approximate surface area is 113 Å². The fraction of sp³-hybridized carbons (Fsp3) is 0.571. The largest absolute Gasteiger partial charge is 0.444 e. The number of H-pyrrole nitrogens is 1. The number of aromatic amines is 1. The number of oxazole rings is 1. The minimum Gasteiger partial charge on any atom is -0.444 e. The molecule has 2 aromatic heterocycles.